The first-order valence-corrected chi connectivity index (χ1v) is 12.7. The third kappa shape index (κ3) is 7.01. The number of benzene rings is 2. The summed E-state index contributed by atoms with van der Waals surface area (Å²) in [6.07, 6.45) is 1.09. The van der Waals surface area contributed by atoms with Gasteiger partial charge in [-0.05, 0) is 45.0 Å². The van der Waals surface area contributed by atoms with Crippen molar-refractivity contribution in [3.05, 3.63) is 41.5 Å². The first-order chi connectivity index (χ1) is 16.1. The Hall–Kier alpha value is -3.47. The molecule has 3 N–H and O–H groups in total. The van der Waals surface area contributed by atoms with Gasteiger partial charge in [-0.1, -0.05) is 0 Å². The molecule has 3 amide bonds. The van der Waals surface area contributed by atoms with E-state index in [2.05, 4.69) is 16.0 Å². The molecule has 0 radical (unpaired) electrons. The molecule has 0 aliphatic carbocycles. The van der Waals surface area contributed by atoms with Crippen molar-refractivity contribution in [2.75, 3.05) is 38.4 Å². The van der Waals surface area contributed by atoms with Gasteiger partial charge in [0.15, 0.2) is 9.84 Å². The molecule has 2 aromatic rings. The lowest BCUT2D eigenvalue weighted by Crippen LogP contribution is -2.28. The van der Waals surface area contributed by atoms with Crippen LogP contribution in [0.15, 0.2) is 35.2 Å². The van der Waals surface area contributed by atoms with E-state index in [1.54, 1.807) is 32.0 Å². The lowest BCUT2D eigenvalue weighted by Gasteiger charge is -2.17. The van der Waals surface area contributed by atoms with Gasteiger partial charge in [0, 0.05) is 37.2 Å². The molecule has 0 spiro atoms. The fourth-order valence-corrected chi connectivity index (χ4v) is 3.93. The van der Waals surface area contributed by atoms with Crippen LogP contribution in [0.1, 0.15) is 36.7 Å². The van der Waals surface area contributed by atoms with E-state index in [9.17, 15) is 18.0 Å². The maximum Gasteiger partial charge on any atom is 0.319 e. The van der Waals surface area contributed by atoms with Crippen LogP contribution in [-0.2, 0) is 16.4 Å². The van der Waals surface area contributed by atoms with Crippen LogP contribution in [0.2, 0.25) is 0 Å². The number of carbonyl (C=O) groups excluding carboxylic acids is 2. The van der Waals surface area contributed by atoms with Crippen molar-refractivity contribution >= 4 is 27.5 Å². The van der Waals surface area contributed by atoms with E-state index >= 15 is 0 Å². The van der Waals surface area contributed by atoms with E-state index in [1.165, 1.54) is 19.2 Å². The van der Waals surface area contributed by atoms with Gasteiger partial charge < -0.3 is 30.2 Å². The van der Waals surface area contributed by atoms with Gasteiger partial charge in [0.2, 0.25) is 0 Å². The third-order valence-electron chi connectivity index (χ3n) is 4.57. The molecular formula is C23H31N3O7S. The molecule has 2 aromatic carbocycles. The van der Waals surface area contributed by atoms with E-state index in [0.717, 1.165) is 6.26 Å². The number of nitrogens with one attached hydrogen (secondary N) is 3. The van der Waals surface area contributed by atoms with Gasteiger partial charge in [0.25, 0.3) is 5.91 Å². The number of hydrogen-bond acceptors (Lipinski definition) is 7. The summed E-state index contributed by atoms with van der Waals surface area (Å²) in [5.41, 5.74) is 1.23. The standard InChI is InChI=1S/C23H31N3O7S/c1-6-31-18-10-9-16(12-17(18)22(27)24-4)26-23(28)25-14-15-11-20(33-8-3)21(34(5,29)30)13-19(15)32-7-2/h9-13H,6-8,14H2,1-5H3,(H,24,27)(H2,25,26,28). The number of hydrogen-bond donors (Lipinski definition) is 3. The molecule has 0 aliphatic rings. The van der Waals surface area contributed by atoms with E-state index in [1.807, 2.05) is 6.92 Å². The van der Waals surface area contributed by atoms with Crippen molar-refractivity contribution in [2.24, 2.45) is 0 Å². The number of sulfone groups is 1. The zero-order valence-electron chi connectivity index (χ0n) is 20.0. The Kier molecular flexibility index (Phi) is 9.55. The Morgan fingerprint density at radius 2 is 1.50 bits per heavy atom. The fourth-order valence-electron chi connectivity index (χ4n) is 3.12. The van der Waals surface area contributed by atoms with Crippen LogP contribution in [0.4, 0.5) is 10.5 Å². The van der Waals surface area contributed by atoms with Gasteiger partial charge in [-0.15, -0.1) is 0 Å². The number of anilines is 1. The van der Waals surface area contributed by atoms with Crippen molar-refractivity contribution in [1.82, 2.24) is 10.6 Å². The quantitative estimate of drug-likeness (QED) is 0.438. The predicted molar refractivity (Wildman–Crippen MR) is 129 cm³/mol. The van der Waals surface area contributed by atoms with Crippen LogP contribution in [0.25, 0.3) is 0 Å². The Morgan fingerprint density at radius 3 is 2.09 bits per heavy atom. The molecule has 2 rings (SSSR count). The Labute approximate surface area is 199 Å². The zero-order valence-corrected chi connectivity index (χ0v) is 20.8. The minimum atomic E-state index is -3.55. The van der Waals surface area contributed by atoms with Crippen molar-refractivity contribution < 1.29 is 32.2 Å². The van der Waals surface area contributed by atoms with E-state index < -0.39 is 15.9 Å². The Morgan fingerprint density at radius 1 is 0.882 bits per heavy atom. The minimum Gasteiger partial charge on any atom is -0.493 e. The van der Waals surface area contributed by atoms with Gasteiger partial charge in [0.05, 0.1) is 25.4 Å². The summed E-state index contributed by atoms with van der Waals surface area (Å²) in [7, 11) is -2.05. The SMILES string of the molecule is CCOc1cc(S(C)(=O)=O)c(OCC)cc1CNC(=O)Nc1ccc(OCC)c(C(=O)NC)c1. The summed E-state index contributed by atoms with van der Waals surface area (Å²) in [6, 6.07) is 7.17. The van der Waals surface area contributed by atoms with Gasteiger partial charge in [-0.2, -0.15) is 0 Å². The van der Waals surface area contributed by atoms with E-state index in [-0.39, 0.29) is 29.7 Å². The van der Waals surface area contributed by atoms with Gasteiger partial charge in [0.1, 0.15) is 22.1 Å². The largest absolute Gasteiger partial charge is 0.493 e. The predicted octanol–water partition coefficient (Wildman–Crippen LogP) is 2.97. The highest BCUT2D eigenvalue weighted by atomic mass is 32.2. The molecule has 0 fully saturated rings. The summed E-state index contributed by atoms with van der Waals surface area (Å²) in [5, 5.41) is 7.92. The molecule has 11 heteroatoms. The number of urea groups is 1. The molecule has 0 aliphatic heterocycles. The van der Waals surface area contributed by atoms with Gasteiger partial charge in [-0.25, -0.2) is 13.2 Å². The summed E-state index contributed by atoms with van der Waals surface area (Å²) in [6.45, 7) is 6.35. The summed E-state index contributed by atoms with van der Waals surface area (Å²) in [4.78, 5) is 24.7. The molecular weight excluding hydrogens is 462 g/mol. The smallest absolute Gasteiger partial charge is 0.319 e. The van der Waals surface area contributed by atoms with Crippen LogP contribution in [0, 0.1) is 0 Å². The van der Waals surface area contributed by atoms with Crippen LogP contribution >= 0.6 is 0 Å². The highest BCUT2D eigenvalue weighted by molar-refractivity contribution is 7.90. The number of amides is 3. The number of rotatable bonds is 11. The molecule has 0 saturated carbocycles. The number of ether oxygens (including phenoxy) is 3. The topological polar surface area (TPSA) is 132 Å². The van der Waals surface area contributed by atoms with Crippen molar-refractivity contribution in [1.29, 1.82) is 0 Å². The maximum atomic E-state index is 12.5. The number of carbonyl (C=O) groups is 2. The van der Waals surface area contributed by atoms with Gasteiger partial charge in [-0.3, -0.25) is 4.79 Å². The highest BCUT2D eigenvalue weighted by Crippen LogP contribution is 2.32. The molecule has 10 nitrogen and oxygen atoms in total. The summed E-state index contributed by atoms with van der Waals surface area (Å²) in [5.74, 6) is 0.578. The average molecular weight is 494 g/mol. The molecule has 34 heavy (non-hydrogen) atoms. The van der Waals surface area contributed by atoms with Crippen LogP contribution in [-0.4, -0.2) is 53.5 Å². The van der Waals surface area contributed by atoms with Crippen molar-refractivity contribution in [3.8, 4) is 17.2 Å². The fraction of sp³-hybridized carbons (Fsp3) is 0.391. The second-order valence-corrected chi connectivity index (χ2v) is 9.06. The van der Waals surface area contributed by atoms with E-state index in [4.69, 9.17) is 14.2 Å². The van der Waals surface area contributed by atoms with Crippen LogP contribution in [0.3, 0.4) is 0 Å². The Bertz CT molecular complexity index is 1130. The lowest BCUT2D eigenvalue weighted by molar-refractivity contribution is 0.0959. The van der Waals surface area contributed by atoms with Crippen LogP contribution < -0.4 is 30.2 Å². The molecule has 0 bridgehead atoms. The molecule has 0 atom stereocenters. The normalized spacial score (nSPS) is 10.9. The van der Waals surface area contributed by atoms with Crippen molar-refractivity contribution in [2.45, 2.75) is 32.2 Å². The van der Waals surface area contributed by atoms with Crippen LogP contribution in [0.5, 0.6) is 17.2 Å². The van der Waals surface area contributed by atoms with Crippen molar-refractivity contribution in [3.63, 3.8) is 0 Å². The first-order valence-electron chi connectivity index (χ1n) is 10.8. The summed E-state index contributed by atoms with van der Waals surface area (Å²) < 4.78 is 40.9. The first kappa shape index (κ1) is 26.8. The second-order valence-electron chi connectivity index (χ2n) is 7.08. The Balaban J connectivity index is 2.23. The van der Waals surface area contributed by atoms with Gasteiger partial charge >= 0.3 is 6.03 Å². The third-order valence-corrected chi connectivity index (χ3v) is 5.69. The maximum absolute atomic E-state index is 12.5. The minimum absolute atomic E-state index is 0.0159. The molecule has 186 valence electrons. The molecule has 0 aromatic heterocycles. The lowest BCUT2D eigenvalue weighted by atomic mass is 10.1. The monoisotopic (exact) mass is 493 g/mol. The molecule has 0 heterocycles. The van der Waals surface area contributed by atoms with E-state index in [0.29, 0.717) is 41.5 Å². The second kappa shape index (κ2) is 12.1. The zero-order chi connectivity index (χ0) is 25.3. The average Bonchev–Trinajstić information content (AvgIpc) is 2.79. The molecule has 0 unspecified atom stereocenters. The molecule has 0 saturated heterocycles. The summed E-state index contributed by atoms with van der Waals surface area (Å²) >= 11 is 0. The highest BCUT2D eigenvalue weighted by Gasteiger charge is 2.20.